The molecule has 2 nitrogen and oxygen atoms in total. The summed E-state index contributed by atoms with van der Waals surface area (Å²) >= 11 is 3.53. The van der Waals surface area contributed by atoms with Crippen LogP contribution < -0.4 is 4.90 Å². The van der Waals surface area contributed by atoms with E-state index in [4.69, 9.17) is 0 Å². The maximum Gasteiger partial charge on any atom is 0.0598 e. The molecule has 17 heavy (non-hydrogen) atoms. The van der Waals surface area contributed by atoms with E-state index in [1.54, 1.807) is 0 Å². The van der Waals surface area contributed by atoms with Gasteiger partial charge in [-0.1, -0.05) is 15.9 Å². The highest BCUT2D eigenvalue weighted by molar-refractivity contribution is 9.10. The molecule has 1 aromatic rings. The van der Waals surface area contributed by atoms with Crippen molar-refractivity contribution in [1.82, 2.24) is 0 Å². The monoisotopic (exact) mass is 297 g/mol. The summed E-state index contributed by atoms with van der Waals surface area (Å²) in [6.07, 6.45) is 0.812. The molecule has 94 valence electrons. The van der Waals surface area contributed by atoms with Gasteiger partial charge in [-0.3, -0.25) is 0 Å². The maximum atomic E-state index is 10.0. The first-order valence-electron chi connectivity index (χ1n) is 6.17. The minimum absolute atomic E-state index is 0.433. The Labute approximate surface area is 112 Å². The van der Waals surface area contributed by atoms with Gasteiger partial charge >= 0.3 is 0 Å². The molecule has 1 unspecified atom stereocenters. The fourth-order valence-electron chi connectivity index (χ4n) is 2.68. The summed E-state index contributed by atoms with van der Waals surface area (Å²) in [4.78, 5) is 2.39. The van der Waals surface area contributed by atoms with Crippen LogP contribution in [0, 0.1) is 0 Å². The second kappa shape index (κ2) is 4.62. The molecule has 1 atom stereocenters. The van der Waals surface area contributed by atoms with Gasteiger partial charge in [-0.25, -0.2) is 0 Å². The van der Waals surface area contributed by atoms with Crippen molar-refractivity contribution in [2.24, 2.45) is 0 Å². The summed E-state index contributed by atoms with van der Waals surface area (Å²) < 4.78 is 1.12. The Morgan fingerprint density at radius 1 is 1.47 bits per heavy atom. The topological polar surface area (TPSA) is 23.5 Å². The molecule has 2 rings (SSSR count). The largest absolute Gasteiger partial charge is 0.390 e. The summed E-state index contributed by atoms with van der Waals surface area (Å²) in [6, 6.07) is 6.46. The number of hydrogen-bond donors (Lipinski definition) is 1. The van der Waals surface area contributed by atoms with Crippen molar-refractivity contribution in [1.29, 1.82) is 0 Å². The number of benzene rings is 1. The number of likely N-dealkylation sites (N-methyl/N-ethyl adjacent to an activating group) is 1. The molecule has 1 N–H and O–H groups in total. The smallest absolute Gasteiger partial charge is 0.0598 e. The molecule has 3 heteroatoms. The zero-order valence-electron chi connectivity index (χ0n) is 10.7. The molecule has 1 aromatic carbocycles. The molecule has 0 aromatic heterocycles. The number of halogens is 1. The van der Waals surface area contributed by atoms with Gasteiger partial charge in [-0.05, 0) is 51.0 Å². The first kappa shape index (κ1) is 12.9. The van der Waals surface area contributed by atoms with Crippen molar-refractivity contribution >= 4 is 21.6 Å². The fourth-order valence-corrected chi connectivity index (χ4v) is 3.06. The summed E-state index contributed by atoms with van der Waals surface area (Å²) in [6.45, 7) is 8.00. The number of rotatable bonds is 3. The molecule has 0 saturated heterocycles. The number of aliphatic hydroxyl groups is 1. The van der Waals surface area contributed by atoms with Gasteiger partial charge in [0, 0.05) is 29.2 Å². The van der Waals surface area contributed by atoms with Crippen LogP contribution in [0.4, 0.5) is 5.69 Å². The molecule has 0 amide bonds. The highest BCUT2D eigenvalue weighted by atomic mass is 79.9. The van der Waals surface area contributed by atoms with E-state index in [9.17, 15) is 5.11 Å². The molecule has 0 aliphatic carbocycles. The normalized spacial score (nSPS) is 19.6. The predicted octanol–water partition coefficient (Wildman–Crippen LogP) is 3.53. The van der Waals surface area contributed by atoms with E-state index in [1.165, 1.54) is 11.3 Å². The van der Waals surface area contributed by atoms with Gasteiger partial charge in [0.05, 0.1) is 5.60 Å². The molecule has 1 aliphatic rings. The molecule has 0 fully saturated rings. The fraction of sp³-hybridized carbons (Fsp3) is 0.571. The number of anilines is 1. The zero-order chi connectivity index (χ0) is 12.6. The molecular formula is C14H20BrNO. The third-order valence-corrected chi connectivity index (χ3v) is 3.83. The van der Waals surface area contributed by atoms with Gasteiger partial charge in [-0.2, -0.15) is 0 Å². The minimum atomic E-state index is -0.603. The van der Waals surface area contributed by atoms with E-state index in [1.807, 2.05) is 13.8 Å². The first-order chi connectivity index (χ1) is 7.90. The van der Waals surface area contributed by atoms with Gasteiger partial charge in [0.25, 0.3) is 0 Å². The summed E-state index contributed by atoms with van der Waals surface area (Å²) in [5, 5.41) is 10.0. The number of fused-ring (bicyclic) bond motifs is 1. The van der Waals surface area contributed by atoms with E-state index in [0.717, 1.165) is 24.0 Å². The van der Waals surface area contributed by atoms with Crippen molar-refractivity contribution in [3.05, 3.63) is 28.2 Å². The summed E-state index contributed by atoms with van der Waals surface area (Å²) in [5.41, 5.74) is 2.09. The molecule has 0 radical (unpaired) electrons. The maximum absolute atomic E-state index is 10.0. The van der Waals surface area contributed by atoms with E-state index in [0.29, 0.717) is 5.92 Å². The van der Waals surface area contributed by atoms with Crippen LogP contribution in [0.2, 0.25) is 0 Å². The Balaban J connectivity index is 2.32. The van der Waals surface area contributed by atoms with Gasteiger partial charge in [0.15, 0.2) is 0 Å². The van der Waals surface area contributed by atoms with Crippen LogP contribution in [0.3, 0.4) is 0 Å². The van der Waals surface area contributed by atoms with Crippen molar-refractivity contribution < 1.29 is 5.11 Å². The quantitative estimate of drug-likeness (QED) is 0.922. The van der Waals surface area contributed by atoms with E-state index >= 15 is 0 Å². The van der Waals surface area contributed by atoms with E-state index < -0.39 is 5.60 Å². The van der Waals surface area contributed by atoms with Crippen molar-refractivity contribution in [2.45, 2.75) is 38.7 Å². The van der Waals surface area contributed by atoms with Crippen LogP contribution in [0.15, 0.2) is 22.7 Å². The number of nitrogens with zero attached hydrogens (tertiary/aromatic N) is 1. The Bertz CT molecular complexity index is 411. The van der Waals surface area contributed by atoms with Gasteiger partial charge in [0.1, 0.15) is 0 Å². The van der Waals surface area contributed by atoms with E-state index in [2.05, 4.69) is 46.0 Å². The highest BCUT2D eigenvalue weighted by Crippen LogP contribution is 2.41. The Morgan fingerprint density at radius 2 is 2.18 bits per heavy atom. The Morgan fingerprint density at radius 3 is 2.76 bits per heavy atom. The second-order valence-electron chi connectivity index (χ2n) is 5.46. The van der Waals surface area contributed by atoms with Gasteiger partial charge in [0.2, 0.25) is 0 Å². The number of hydrogen-bond acceptors (Lipinski definition) is 2. The van der Waals surface area contributed by atoms with Crippen molar-refractivity contribution in [2.75, 3.05) is 18.0 Å². The SMILES string of the molecule is CCN1CC(CC(C)(C)O)c2cc(Br)ccc21. The third kappa shape index (κ3) is 2.83. The summed E-state index contributed by atoms with van der Waals surface area (Å²) in [5.74, 6) is 0.433. The summed E-state index contributed by atoms with van der Waals surface area (Å²) in [7, 11) is 0. The lowest BCUT2D eigenvalue weighted by atomic mass is 9.89. The Hall–Kier alpha value is -0.540. The minimum Gasteiger partial charge on any atom is -0.390 e. The van der Waals surface area contributed by atoms with Gasteiger partial charge in [-0.15, -0.1) is 0 Å². The average molecular weight is 298 g/mol. The van der Waals surface area contributed by atoms with Crippen LogP contribution in [-0.4, -0.2) is 23.8 Å². The van der Waals surface area contributed by atoms with E-state index in [-0.39, 0.29) is 0 Å². The van der Waals surface area contributed by atoms with Gasteiger partial charge < -0.3 is 10.0 Å². The van der Waals surface area contributed by atoms with Crippen molar-refractivity contribution in [3.63, 3.8) is 0 Å². The third-order valence-electron chi connectivity index (χ3n) is 3.34. The molecule has 0 bridgehead atoms. The average Bonchev–Trinajstić information content (AvgIpc) is 2.54. The van der Waals surface area contributed by atoms with Crippen molar-refractivity contribution in [3.8, 4) is 0 Å². The standard InChI is InChI=1S/C14H20BrNO/c1-4-16-9-10(8-14(2,3)17)12-7-11(15)5-6-13(12)16/h5-7,10,17H,4,8-9H2,1-3H3. The lowest BCUT2D eigenvalue weighted by Crippen LogP contribution is -2.26. The molecule has 1 heterocycles. The predicted molar refractivity (Wildman–Crippen MR) is 75.7 cm³/mol. The lowest BCUT2D eigenvalue weighted by Gasteiger charge is -2.22. The highest BCUT2D eigenvalue weighted by Gasteiger charge is 2.31. The molecule has 0 saturated carbocycles. The molecule has 0 spiro atoms. The van der Waals surface area contributed by atoms with Crippen LogP contribution in [0.5, 0.6) is 0 Å². The first-order valence-corrected chi connectivity index (χ1v) is 6.97. The molecular weight excluding hydrogens is 278 g/mol. The molecule has 1 aliphatic heterocycles. The van der Waals surface area contributed by atoms with Crippen LogP contribution >= 0.6 is 15.9 Å². The van der Waals surface area contributed by atoms with Crippen LogP contribution in [0.25, 0.3) is 0 Å². The second-order valence-corrected chi connectivity index (χ2v) is 6.37. The van der Waals surface area contributed by atoms with Crippen LogP contribution in [-0.2, 0) is 0 Å². The zero-order valence-corrected chi connectivity index (χ0v) is 12.3. The Kier molecular flexibility index (Phi) is 3.50. The lowest BCUT2D eigenvalue weighted by molar-refractivity contribution is 0.0644. The van der Waals surface area contributed by atoms with Crippen LogP contribution in [0.1, 0.15) is 38.7 Å².